The molecule has 1 atom stereocenters. The molecule has 0 radical (unpaired) electrons. The van der Waals surface area contributed by atoms with Crippen molar-refractivity contribution in [2.24, 2.45) is 0 Å². The van der Waals surface area contributed by atoms with E-state index < -0.39 is 0 Å². The van der Waals surface area contributed by atoms with Crippen LogP contribution in [0.4, 0.5) is 0 Å². The molecule has 3 rings (SSSR count). The van der Waals surface area contributed by atoms with Gasteiger partial charge in [-0.05, 0) is 31.4 Å². The molecule has 19 heavy (non-hydrogen) atoms. The van der Waals surface area contributed by atoms with Crippen LogP contribution in [-0.2, 0) is 11.3 Å². The van der Waals surface area contributed by atoms with Gasteiger partial charge in [0, 0.05) is 25.1 Å². The van der Waals surface area contributed by atoms with E-state index in [9.17, 15) is 0 Å². The van der Waals surface area contributed by atoms with Gasteiger partial charge in [0.2, 0.25) is 0 Å². The molecule has 1 fully saturated rings. The fourth-order valence-electron chi connectivity index (χ4n) is 2.54. The van der Waals surface area contributed by atoms with Crippen molar-refractivity contribution in [1.82, 2.24) is 10.3 Å². The van der Waals surface area contributed by atoms with Gasteiger partial charge in [-0.15, -0.1) is 0 Å². The molecule has 1 aromatic carbocycles. The lowest BCUT2D eigenvalue weighted by Gasteiger charge is -2.22. The molecule has 1 N–H and O–H groups in total. The molecule has 1 aliphatic rings. The maximum absolute atomic E-state index is 5.70. The molecule has 0 bridgehead atoms. The summed E-state index contributed by atoms with van der Waals surface area (Å²) in [5.41, 5.74) is 2.16. The van der Waals surface area contributed by atoms with Crippen LogP contribution in [0.5, 0.6) is 0 Å². The van der Waals surface area contributed by atoms with Gasteiger partial charge in [-0.2, -0.15) is 0 Å². The van der Waals surface area contributed by atoms with E-state index in [2.05, 4.69) is 34.6 Å². The lowest BCUT2D eigenvalue weighted by molar-refractivity contribution is 0.0167. The summed E-state index contributed by atoms with van der Waals surface area (Å²) in [6.45, 7) is 2.65. The number of nitrogens with zero attached hydrogens (tertiary/aromatic N) is 1. The minimum atomic E-state index is 0.384. The highest BCUT2D eigenvalue weighted by molar-refractivity contribution is 5.78. The number of benzene rings is 1. The molecule has 1 saturated heterocycles. The number of ether oxygens (including phenoxy) is 1. The summed E-state index contributed by atoms with van der Waals surface area (Å²) in [6.07, 6.45) is 4.07. The Kier molecular flexibility index (Phi) is 4.06. The van der Waals surface area contributed by atoms with Gasteiger partial charge in [0.05, 0.1) is 17.3 Å². The van der Waals surface area contributed by atoms with Crippen LogP contribution < -0.4 is 5.32 Å². The number of hydrogen-bond acceptors (Lipinski definition) is 3. The normalized spacial score (nSPS) is 19.7. The summed E-state index contributed by atoms with van der Waals surface area (Å²) in [4.78, 5) is 4.65. The summed E-state index contributed by atoms with van der Waals surface area (Å²) in [7, 11) is 0. The first-order valence-corrected chi connectivity index (χ1v) is 7.09. The molecule has 1 aliphatic heterocycles. The van der Waals surface area contributed by atoms with Crippen molar-refractivity contribution in [2.75, 3.05) is 13.2 Å². The molecule has 100 valence electrons. The van der Waals surface area contributed by atoms with Gasteiger partial charge in [0.1, 0.15) is 0 Å². The van der Waals surface area contributed by atoms with Gasteiger partial charge in [-0.25, -0.2) is 0 Å². The summed E-state index contributed by atoms with van der Waals surface area (Å²) in [5.74, 6) is 0. The minimum Gasteiger partial charge on any atom is -0.377 e. The lowest BCUT2D eigenvalue weighted by Crippen LogP contribution is -2.31. The average molecular weight is 256 g/mol. The van der Waals surface area contributed by atoms with E-state index >= 15 is 0 Å². The van der Waals surface area contributed by atoms with Crippen molar-refractivity contribution in [3.63, 3.8) is 0 Å². The third-order valence-electron chi connectivity index (χ3n) is 3.61. The molecule has 2 aromatic rings. The van der Waals surface area contributed by atoms with Crippen LogP contribution in [0.3, 0.4) is 0 Å². The third kappa shape index (κ3) is 3.31. The van der Waals surface area contributed by atoms with Crippen LogP contribution >= 0.6 is 0 Å². The molecule has 3 heteroatoms. The highest BCUT2D eigenvalue weighted by Gasteiger charge is 2.12. The zero-order valence-electron chi connectivity index (χ0n) is 11.1. The molecule has 0 spiro atoms. The number of rotatable bonds is 4. The van der Waals surface area contributed by atoms with Crippen molar-refractivity contribution in [2.45, 2.75) is 31.9 Å². The zero-order chi connectivity index (χ0) is 12.9. The lowest BCUT2D eigenvalue weighted by atomic mass is 10.1. The Balaban J connectivity index is 1.56. The van der Waals surface area contributed by atoms with E-state index in [1.54, 1.807) is 0 Å². The van der Waals surface area contributed by atoms with E-state index in [1.807, 2.05) is 12.1 Å². The van der Waals surface area contributed by atoms with E-state index in [0.717, 1.165) is 30.9 Å². The molecule has 1 unspecified atom stereocenters. The Labute approximate surface area is 114 Å². The van der Waals surface area contributed by atoms with Gasteiger partial charge in [-0.3, -0.25) is 4.98 Å². The second kappa shape index (κ2) is 6.13. The van der Waals surface area contributed by atoms with Crippen LogP contribution in [0, 0.1) is 0 Å². The van der Waals surface area contributed by atoms with Crippen LogP contribution in [0.1, 0.15) is 25.0 Å². The van der Waals surface area contributed by atoms with Gasteiger partial charge in [0.25, 0.3) is 0 Å². The van der Waals surface area contributed by atoms with Crippen molar-refractivity contribution >= 4 is 10.9 Å². The average Bonchev–Trinajstić information content (AvgIpc) is 2.48. The Bertz CT molecular complexity index is 535. The number of pyridine rings is 1. The molecule has 0 saturated carbocycles. The van der Waals surface area contributed by atoms with E-state index in [0.29, 0.717) is 6.10 Å². The van der Waals surface area contributed by atoms with Gasteiger partial charge < -0.3 is 10.1 Å². The quantitative estimate of drug-likeness (QED) is 0.913. The molecule has 3 nitrogen and oxygen atoms in total. The molecular weight excluding hydrogens is 236 g/mol. The molecular formula is C16H20N2O. The monoisotopic (exact) mass is 256 g/mol. The largest absolute Gasteiger partial charge is 0.377 e. The fraction of sp³-hybridized carbons (Fsp3) is 0.438. The van der Waals surface area contributed by atoms with Crippen molar-refractivity contribution in [1.29, 1.82) is 0 Å². The van der Waals surface area contributed by atoms with Gasteiger partial charge in [0.15, 0.2) is 0 Å². The second-order valence-electron chi connectivity index (χ2n) is 5.11. The highest BCUT2D eigenvalue weighted by Crippen LogP contribution is 2.13. The number of aromatic nitrogens is 1. The maximum Gasteiger partial charge on any atom is 0.0705 e. The summed E-state index contributed by atoms with van der Waals surface area (Å²) < 4.78 is 5.70. The molecule has 1 aromatic heterocycles. The van der Waals surface area contributed by atoms with E-state index in [1.165, 1.54) is 24.6 Å². The van der Waals surface area contributed by atoms with Crippen LogP contribution in [-0.4, -0.2) is 24.2 Å². The Morgan fingerprint density at radius 1 is 1.16 bits per heavy atom. The molecule has 0 aliphatic carbocycles. The predicted molar refractivity (Wildman–Crippen MR) is 77.0 cm³/mol. The number of hydrogen-bond donors (Lipinski definition) is 1. The number of para-hydroxylation sites is 1. The standard InChI is InChI=1S/C16H20N2O/c1-2-7-16-13(5-1)8-9-14(18-16)11-17-12-15-6-3-4-10-19-15/h1-2,5,7-9,15,17H,3-4,6,10-12H2. The third-order valence-corrected chi connectivity index (χ3v) is 3.61. The summed E-state index contributed by atoms with van der Waals surface area (Å²) in [6, 6.07) is 12.5. The van der Waals surface area contributed by atoms with Crippen molar-refractivity contribution in [3.05, 3.63) is 42.1 Å². The molecule has 2 heterocycles. The first kappa shape index (κ1) is 12.6. The second-order valence-corrected chi connectivity index (χ2v) is 5.11. The first-order valence-electron chi connectivity index (χ1n) is 7.09. The Hall–Kier alpha value is -1.45. The zero-order valence-corrected chi connectivity index (χ0v) is 11.1. The summed E-state index contributed by atoms with van der Waals surface area (Å²) in [5, 5.41) is 4.64. The maximum atomic E-state index is 5.70. The van der Waals surface area contributed by atoms with Crippen LogP contribution in [0.25, 0.3) is 10.9 Å². The minimum absolute atomic E-state index is 0.384. The van der Waals surface area contributed by atoms with Gasteiger partial charge in [-0.1, -0.05) is 24.3 Å². The van der Waals surface area contributed by atoms with Crippen molar-refractivity contribution < 1.29 is 4.74 Å². The van der Waals surface area contributed by atoms with Crippen LogP contribution in [0.15, 0.2) is 36.4 Å². The van der Waals surface area contributed by atoms with E-state index in [4.69, 9.17) is 4.74 Å². The number of nitrogens with one attached hydrogen (secondary N) is 1. The predicted octanol–water partition coefficient (Wildman–Crippen LogP) is 2.89. The van der Waals surface area contributed by atoms with Crippen molar-refractivity contribution in [3.8, 4) is 0 Å². The van der Waals surface area contributed by atoms with Gasteiger partial charge >= 0.3 is 0 Å². The van der Waals surface area contributed by atoms with Crippen LogP contribution in [0.2, 0.25) is 0 Å². The first-order chi connectivity index (χ1) is 9.42. The fourth-order valence-corrected chi connectivity index (χ4v) is 2.54. The Morgan fingerprint density at radius 2 is 2.11 bits per heavy atom. The topological polar surface area (TPSA) is 34.2 Å². The number of fused-ring (bicyclic) bond motifs is 1. The molecule has 0 amide bonds. The smallest absolute Gasteiger partial charge is 0.0705 e. The highest BCUT2D eigenvalue weighted by atomic mass is 16.5. The van der Waals surface area contributed by atoms with E-state index in [-0.39, 0.29) is 0 Å². The summed E-state index contributed by atoms with van der Waals surface area (Å²) >= 11 is 0. The SMILES string of the molecule is c1ccc2nc(CNCC3CCCCO3)ccc2c1. The Morgan fingerprint density at radius 3 is 3.00 bits per heavy atom.